The van der Waals surface area contributed by atoms with Gasteiger partial charge in [-0.1, -0.05) is 41.7 Å². The quantitative estimate of drug-likeness (QED) is 0.595. The Morgan fingerprint density at radius 3 is 2.91 bits per heavy atom. The predicted octanol–water partition coefficient (Wildman–Crippen LogP) is 3.05. The summed E-state index contributed by atoms with van der Waals surface area (Å²) in [6.07, 6.45) is 0.312. The number of hydrogen-bond donors (Lipinski definition) is 1. The van der Waals surface area contributed by atoms with Gasteiger partial charge in [-0.05, 0) is 11.5 Å². The average Bonchev–Trinajstić information content (AvgIpc) is 3.22. The largest absolute Gasteiger partial charge is 0.301 e. The van der Waals surface area contributed by atoms with E-state index in [-0.39, 0.29) is 5.91 Å². The van der Waals surface area contributed by atoms with Gasteiger partial charge in [-0.3, -0.25) is 14.9 Å². The van der Waals surface area contributed by atoms with Crippen molar-refractivity contribution in [3.63, 3.8) is 0 Å². The smallest absolute Gasteiger partial charge is 0.236 e. The first-order valence-electron chi connectivity index (χ1n) is 6.86. The van der Waals surface area contributed by atoms with Crippen LogP contribution in [0.4, 0.5) is 5.13 Å². The van der Waals surface area contributed by atoms with E-state index in [9.17, 15) is 14.9 Å². The second-order valence-electron chi connectivity index (χ2n) is 5.34. The van der Waals surface area contributed by atoms with Gasteiger partial charge in [0, 0.05) is 16.7 Å². The molecule has 2 aromatic carbocycles. The lowest BCUT2D eigenvalue weighted by Crippen LogP contribution is -2.18. The number of thiazole rings is 1. The highest BCUT2D eigenvalue weighted by Crippen LogP contribution is 2.36. The SMILES string of the molecule is O=C(Nc1nc2c(ccc3ccccc32)s1)[C@H]1C[C@H]1[N+](=O)[O-]. The third-order valence-electron chi connectivity index (χ3n) is 3.88. The molecule has 1 aliphatic rings. The Bertz CT molecular complexity index is 921. The van der Waals surface area contributed by atoms with E-state index < -0.39 is 16.9 Å². The molecular weight excluding hydrogens is 302 g/mol. The molecular formula is C15H11N3O3S. The van der Waals surface area contributed by atoms with Crippen LogP contribution in [0.5, 0.6) is 0 Å². The second-order valence-corrected chi connectivity index (χ2v) is 6.37. The highest BCUT2D eigenvalue weighted by Gasteiger charge is 2.53. The first-order valence-corrected chi connectivity index (χ1v) is 7.68. The van der Waals surface area contributed by atoms with Crippen molar-refractivity contribution >= 4 is 43.4 Å². The molecule has 0 saturated heterocycles. The van der Waals surface area contributed by atoms with Crippen LogP contribution in [0.25, 0.3) is 21.0 Å². The number of carbonyl (C=O) groups is 1. The first-order chi connectivity index (χ1) is 10.6. The number of benzene rings is 2. The number of nitro groups is 1. The standard InChI is InChI=1S/C15H11N3O3S/c19-14(10-7-11(10)18(20)21)17-15-16-13-9-4-2-1-3-8(9)5-6-12(13)22-15/h1-6,10-11H,7H2,(H,16,17,19)/t10-,11+/m0/s1. The Labute approximate surface area is 128 Å². The Kier molecular flexibility index (Phi) is 2.83. The van der Waals surface area contributed by atoms with Crippen molar-refractivity contribution in [1.82, 2.24) is 4.98 Å². The Hall–Kier alpha value is -2.54. The maximum atomic E-state index is 12.0. The van der Waals surface area contributed by atoms with Crippen molar-refractivity contribution in [2.75, 3.05) is 5.32 Å². The number of nitrogens with zero attached hydrogens (tertiary/aromatic N) is 2. The number of rotatable bonds is 3. The summed E-state index contributed by atoms with van der Waals surface area (Å²) in [6, 6.07) is 11.2. The number of fused-ring (bicyclic) bond motifs is 3. The summed E-state index contributed by atoms with van der Waals surface area (Å²) in [5, 5.41) is 16.0. The van der Waals surface area contributed by atoms with Gasteiger partial charge in [-0.15, -0.1) is 0 Å². The molecule has 1 N–H and O–H groups in total. The van der Waals surface area contributed by atoms with Crippen LogP contribution in [0.2, 0.25) is 0 Å². The Morgan fingerprint density at radius 1 is 1.32 bits per heavy atom. The summed E-state index contributed by atoms with van der Waals surface area (Å²) in [4.78, 5) is 26.7. The molecule has 1 aromatic heterocycles. The number of carbonyl (C=O) groups excluding carboxylic acids is 1. The van der Waals surface area contributed by atoms with Crippen molar-refractivity contribution in [3.05, 3.63) is 46.5 Å². The van der Waals surface area contributed by atoms with Gasteiger partial charge in [0.25, 0.3) is 0 Å². The molecule has 7 heteroatoms. The van der Waals surface area contributed by atoms with Crippen LogP contribution in [0, 0.1) is 16.0 Å². The van der Waals surface area contributed by atoms with Gasteiger partial charge in [0.2, 0.25) is 11.9 Å². The molecule has 2 atom stereocenters. The summed E-state index contributed by atoms with van der Waals surface area (Å²) < 4.78 is 0.982. The molecule has 0 spiro atoms. The minimum Gasteiger partial charge on any atom is -0.301 e. The molecule has 0 radical (unpaired) electrons. The number of aromatic nitrogens is 1. The zero-order valence-corrected chi connectivity index (χ0v) is 12.2. The molecule has 1 aliphatic carbocycles. The van der Waals surface area contributed by atoms with E-state index in [1.807, 2.05) is 36.4 Å². The van der Waals surface area contributed by atoms with Crippen LogP contribution in [0.15, 0.2) is 36.4 Å². The molecule has 22 heavy (non-hydrogen) atoms. The van der Waals surface area contributed by atoms with Gasteiger partial charge in [-0.2, -0.15) is 0 Å². The van der Waals surface area contributed by atoms with Gasteiger partial charge in [0.15, 0.2) is 5.13 Å². The third-order valence-corrected chi connectivity index (χ3v) is 4.81. The van der Waals surface area contributed by atoms with Crippen LogP contribution < -0.4 is 5.32 Å². The lowest BCUT2D eigenvalue weighted by molar-refractivity contribution is -0.497. The highest BCUT2D eigenvalue weighted by atomic mass is 32.1. The van der Waals surface area contributed by atoms with E-state index >= 15 is 0 Å². The van der Waals surface area contributed by atoms with Crippen LogP contribution in [0.3, 0.4) is 0 Å². The lowest BCUT2D eigenvalue weighted by Gasteiger charge is -1.98. The minimum absolute atomic E-state index is 0.312. The van der Waals surface area contributed by atoms with Crippen molar-refractivity contribution in [2.45, 2.75) is 12.5 Å². The van der Waals surface area contributed by atoms with Gasteiger partial charge < -0.3 is 5.32 Å². The summed E-state index contributed by atoms with van der Waals surface area (Å²) in [7, 11) is 0. The fourth-order valence-electron chi connectivity index (χ4n) is 2.61. The zero-order chi connectivity index (χ0) is 15.3. The number of anilines is 1. The van der Waals surface area contributed by atoms with Gasteiger partial charge >= 0.3 is 0 Å². The lowest BCUT2D eigenvalue weighted by atomic mass is 10.1. The van der Waals surface area contributed by atoms with Crippen LogP contribution in [0.1, 0.15) is 6.42 Å². The fraction of sp³-hybridized carbons (Fsp3) is 0.200. The average molecular weight is 313 g/mol. The molecule has 1 heterocycles. The van der Waals surface area contributed by atoms with E-state index in [0.29, 0.717) is 11.6 Å². The van der Waals surface area contributed by atoms with E-state index in [1.165, 1.54) is 11.3 Å². The number of amides is 1. The first kappa shape index (κ1) is 13.1. The topological polar surface area (TPSA) is 85.1 Å². The van der Waals surface area contributed by atoms with Crippen molar-refractivity contribution in [1.29, 1.82) is 0 Å². The molecule has 4 rings (SSSR count). The maximum absolute atomic E-state index is 12.0. The van der Waals surface area contributed by atoms with Gasteiger partial charge in [-0.25, -0.2) is 4.98 Å². The van der Waals surface area contributed by atoms with Crippen molar-refractivity contribution in [3.8, 4) is 0 Å². The highest BCUT2D eigenvalue weighted by molar-refractivity contribution is 7.22. The molecule has 0 bridgehead atoms. The molecule has 1 saturated carbocycles. The summed E-state index contributed by atoms with van der Waals surface area (Å²) >= 11 is 1.38. The van der Waals surface area contributed by atoms with E-state index in [1.54, 1.807) is 0 Å². The Balaban J connectivity index is 1.64. The van der Waals surface area contributed by atoms with E-state index in [2.05, 4.69) is 10.3 Å². The molecule has 110 valence electrons. The molecule has 6 nitrogen and oxygen atoms in total. The van der Waals surface area contributed by atoms with Crippen LogP contribution >= 0.6 is 11.3 Å². The van der Waals surface area contributed by atoms with E-state index in [4.69, 9.17) is 0 Å². The van der Waals surface area contributed by atoms with Gasteiger partial charge in [0.05, 0.1) is 10.2 Å². The molecule has 3 aromatic rings. The fourth-order valence-corrected chi connectivity index (χ4v) is 3.49. The van der Waals surface area contributed by atoms with E-state index in [0.717, 1.165) is 21.0 Å². The summed E-state index contributed by atoms with van der Waals surface area (Å²) in [5.74, 6) is -0.844. The molecule has 0 unspecified atom stereocenters. The number of nitrogens with one attached hydrogen (secondary N) is 1. The van der Waals surface area contributed by atoms with Crippen LogP contribution in [-0.2, 0) is 4.79 Å². The monoisotopic (exact) mass is 313 g/mol. The maximum Gasteiger partial charge on any atom is 0.236 e. The normalized spacial score (nSPS) is 20.2. The van der Waals surface area contributed by atoms with Gasteiger partial charge in [0.1, 0.15) is 5.92 Å². The third kappa shape index (κ3) is 2.10. The molecule has 1 fully saturated rings. The van der Waals surface area contributed by atoms with Crippen molar-refractivity contribution in [2.24, 2.45) is 5.92 Å². The molecule has 1 amide bonds. The van der Waals surface area contributed by atoms with Crippen LogP contribution in [-0.4, -0.2) is 21.9 Å². The summed E-state index contributed by atoms with van der Waals surface area (Å²) in [5.41, 5.74) is 0.847. The zero-order valence-electron chi connectivity index (χ0n) is 11.4. The predicted molar refractivity (Wildman–Crippen MR) is 84.6 cm³/mol. The Morgan fingerprint density at radius 2 is 2.14 bits per heavy atom. The number of hydrogen-bond acceptors (Lipinski definition) is 5. The summed E-state index contributed by atoms with van der Waals surface area (Å²) in [6.45, 7) is 0. The van der Waals surface area contributed by atoms with Crippen molar-refractivity contribution < 1.29 is 9.72 Å². The minimum atomic E-state index is -0.741. The molecule has 0 aliphatic heterocycles. The second kappa shape index (κ2) is 4.74.